The molecule has 0 spiro atoms. The van der Waals surface area contributed by atoms with E-state index in [1.54, 1.807) is 0 Å². The van der Waals surface area contributed by atoms with Gasteiger partial charge < -0.3 is 24.8 Å². The number of rotatable bonds is 7. The lowest BCUT2D eigenvalue weighted by Gasteiger charge is -2.29. The van der Waals surface area contributed by atoms with Gasteiger partial charge in [0.25, 0.3) is 0 Å². The topological polar surface area (TPSA) is 88.1 Å². The summed E-state index contributed by atoms with van der Waals surface area (Å²) in [6, 6.07) is 22.8. The van der Waals surface area contributed by atoms with E-state index in [1.165, 1.54) is 0 Å². The molecule has 1 atom stereocenters. The molecule has 35 heavy (non-hydrogen) atoms. The average molecular weight is 473 g/mol. The molecule has 7 heteroatoms. The zero-order valence-corrected chi connectivity index (χ0v) is 19.4. The lowest BCUT2D eigenvalue weighted by Crippen LogP contribution is -2.43. The molecule has 3 aromatic rings. The van der Waals surface area contributed by atoms with Crippen molar-refractivity contribution in [1.29, 1.82) is 0 Å². The molecule has 1 aliphatic carbocycles. The first kappa shape index (κ1) is 22.9. The highest BCUT2D eigenvalue weighted by atomic mass is 16.5. The Bertz CT molecular complexity index is 1160. The van der Waals surface area contributed by atoms with Crippen molar-refractivity contribution in [3.8, 4) is 11.1 Å². The van der Waals surface area contributed by atoms with Gasteiger partial charge in [0.15, 0.2) is 0 Å². The van der Waals surface area contributed by atoms with Crippen LogP contribution in [-0.4, -0.2) is 56.1 Å². The summed E-state index contributed by atoms with van der Waals surface area (Å²) in [5.74, 6) is -1.18. The van der Waals surface area contributed by atoms with Gasteiger partial charge in [-0.25, -0.2) is 9.59 Å². The second-order valence-corrected chi connectivity index (χ2v) is 8.83. The number of nitrogens with zero attached hydrogens (tertiary/aromatic N) is 1. The zero-order valence-electron chi connectivity index (χ0n) is 19.4. The molecule has 180 valence electrons. The summed E-state index contributed by atoms with van der Waals surface area (Å²) >= 11 is 0. The fourth-order valence-electron chi connectivity index (χ4n) is 4.88. The van der Waals surface area contributed by atoms with Gasteiger partial charge in [-0.1, -0.05) is 60.7 Å². The predicted molar refractivity (Wildman–Crippen MR) is 133 cm³/mol. The second-order valence-electron chi connectivity index (χ2n) is 8.83. The first-order valence-electron chi connectivity index (χ1n) is 11.9. The van der Waals surface area contributed by atoms with Crippen LogP contribution < -0.4 is 10.2 Å². The van der Waals surface area contributed by atoms with Crippen LogP contribution in [0.2, 0.25) is 0 Å². The van der Waals surface area contributed by atoms with Gasteiger partial charge in [0, 0.05) is 31.1 Å². The number of carboxylic acid groups (broad SMARTS) is 1. The van der Waals surface area contributed by atoms with E-state index in [1.807, 2.05) is 60.7 Å². The van der Waals surface area contributed by atoms with E-state index in [0.717, 1.165) is 46.6 Å². The number of fused-ring (bicyclic) bond motifs is 3. The first-order valence-corrected chi connectivity index (χ1v) is 11.9. The van der Waals surface area contributed by atoms with Crippen molar-refractivity contribution >= 4 is 17.7 Å². The molecule has 1 fully saturated rings. The average Bonchev–Trinajstić information content (AvgIpc) is 3.21. The van der Waals surface area contributed by atoms with Crippen molar-refractivity contribution in [1.82, 2.24) is 5.32 Å². The summed E-state index contributed by atoms with van der Waals surface area (Å²) in [4.78, 5) is 26.7. The largest absolute Gasteiger partial charge is 0.480 e. The SMILES string of the molecule is O=C(N[C@@H](Cc1ccc(N2CCOCC2)cc1)C(=O)O)OCC1c2ccccc2-c2ccccc21. The molecule has 1 amide bonds. The third-order valence-electron chi connectivity index (χ3n) is 6.69. The fourth-order valence-corrected chi connectivity index (χ4v) is 4.88. The summed E-state index contributed by atoms with van der Waals surface area (Å²) in [5, 5.41) is 12.2. The molecule has 3 aromatic carbocycles. The molecular weight excluding hydrogens is 444 g/mol. The van der Waals surface area contributed by atoms with Crippen molar-refractivity contribution in [2.75, 3.05) is 37.8 Å². The quantitative estimate of drug-likeness (QED) is 0.539. The number of carbonyl (C=O) groups excluding carboxylic acids is 1. The zero-order chi connectivity index (χ0) is 24.2. The van der Waals surface area contributed by atoms with Gasteiger partial charge in [0.1, 0.15) is 12.6 Å². The van der Waals surface area contributed by atoms with Crippen molar-refractivity contribution in [2.45, 2.75) is 18.4 Å². The van der Waals surface area contributed by atoms with Gasteiger partial charge in [-0.3, -0.25) is 0 Å². The number of hydrogen-bond acceptors (Lipinski definition) is 5. The van der Waals surface area contributed by atoms with Gasteiger partial charge in [-0.2, -0.15) is 0 Å². The fraction of sp³-hybridized carbons (Fsp3) is 0.286. The van der Waals surface area contributed by atoms with Gasteiger partial charge in [0.05, 0.1) is 13.2 Å². The normalized spacial score (nSPS) is 15.7. The molecule has 0 saturated carbocycles. The smallest absolute Gasteiger partial charge is 0.407 e. The van der Waals surface area contributed by atoms with Crippen LogP contribution in [0.25, 0.3) is 11.1 Å². The van der Waals surface area contributed by atoms with Crippen molar-refractivity contribution in [2.24, 2.45) is 0 Å². The molecule has 0 unspecified atom stereocenters. The highest BCUT2D eigenvalue weighted by Crippen LogP contribution is 2.44. The predicted octanol–water partition coefficient (Wildman–Crippen LogP) is 4.06. The number of amides is 1. The minimum atomic E-state index is -1.10. The molecule has 2 N–H and O–H groups in total. The number of ether oxygens (including phenoxy) is 2. The highest BCUT2D eigenvalue weighted by molar-refractivity contribution is 5.81. The summed E-state index contributed by atoms with van der Waals surface area (Å²) in [5.41, 5.74) is 6.40. The Hall–Kier alpha value is -3.84. The summed E-state index contributed by atoms with van der Waals surface area (Å²) in [6.45, 7) is 3.21. The summed E-state index contributed by atoms with van der Waals surface area (Å²) in [6.07, 6.45) is -0.563. The van der Waals surface area contributed by atoms with E-state index in [9.17, 15) is 14.7 Å². The number of benzene rings is 3. The van der Waals surface area contributed by atoms with Crippen LogP contribution in [0.15, 0.2) is 72.8 Å². The molecule has 1 heterocycles. The van der Waals surface area contributed by atoms with E-state index in [2.05, 4.69) is 22.3 Å². The monoisotopic (exact) mass is 472 g/mol. The lowest BCUT2D eigenvalue weighted by atomic mass is 9.98. The third-order valence-corrected chi connectivity index (χ3v) is 6.69. The van der Waals surface area contributed by atoms with Crippen LogP contribution >= 0.6 is 0 Å². The van der Waals surface area contributed by atoms with Crippen LogP contribution in [0.5, 0.6) is 0 Å². The van der Waals surface area contributed by atoms with E-state index in [0.29, 0.717) is 13.2 Å². The van der Waals surface area contributed by atoms with Crippen molar-refractivity contribution in [3.05, 3.63) is 89.5 Å². The summed E-state index contributed by atoms with van der Waals surface area (Å²) in [7, 11) is 0. The number of anilines is 1. The second kappa shape index (κ2) is 10.2. The van der Waals surface area contributed by atoms with Crippen LogP contribution in [0.4, 0.5) is 10.5 Å². The van der Waals surface area contributed by atoms with Gasteiger partial charge in [-0.15, -0.1) is 0 Å². The Morgan fingerprint density at radius 3 is 2.14 bits per heavy atom. The minimum Gasteiger partial charge on any atom is -0.480 e. The van der Waals surface area contributed by atoms with E-state index >= 15 is 0 Å². The molecule has 5 rings (SSSR count). The summed E-state index contributed by atoms with van der Waals surface area (Å²) < 4.78 is 10.9. The standard InChI is InChI=1S/C28H28N2O5/c31-27(32)26(17-19-9-11-20(12-10-19)30-13-15-34-16-14-30)29-28(33)35-18-25-23-7-3-1-5-21(23)22-6-2-4-8-24(22)25/h1-12,25-26H,13-18H2,(H,29,33)(H,31,32)/t26-/m0/s1. The number of morpholine rings is 1. The number of hydrogen-bond donors (Lipinski definition) is 2. The van der Waals surface area contributed by atoms with Crippen LogP contribution in [0.3, 0.4) is 0 Å². The van der Waals surface area contributed by atoms with Crippen LogP contribution in [0.1, 0.15) is 22.6 Å². The lowest BCUT2D eigenvalue weighted by molar-refractivity contribution is -0.139. The Morgan fingerprint density at radius 1 is 0.943 bits per heavy atom. The number of carbonyl (C=O) groups is 2. The van der Waals surface area contributed by atoms with E-state index in [4.69, 9.17) is 9.47 Å². The van der Waals surface area contributed by atoms with E-state index < -0.39 is 18.1 Å². The maximum Gasteiger partial charge on any atom is 0.407 e. The Labute approximate surface area is 204 Å². The molecule has 1 saturated heterocycles. The van der Waals surface area contributed by atoms with Crippen molar-refractivity contribution < 1.29 is 24.2 Å². The van der Waals surface area contributed by atoms with Gasteiger partial charge in [-0.05, 0) is 39.9 Å². The van der Waals surface area contributed by atoms with E-state index in [-0.39, 0.29) is 18.9 Å². The van der Waals surface area contributed by atoms with Gasteiger partial charge in [0.2, 0.25) is 0 Å². The molecule has 2 aliphatic rings. The van der Waals surface area contributed by atoms with Crippen LogP contribution in [0, 0.1) is 0 Å². The number of carboxylic acids is 1. The van der Waals surface area contributed by atoms with Crippen LogP contribution in [-0.2, 0) is 20.7 Å². The molecule has 0 bridgehead atoms. The maximum absolute atomic E-state index is 12.6. The molecular formula is C28H28N2O5. The first-order chi connectivity index (χ1) is 17.1. The van der Waals surface area contributed by atoms with Gasteiger partial charge >= 0.3 is 12.1 Å². The Balaban J connectivity index is 1.20. The molecule has 1 aliphatic heterocycles. The molecule has 0 radical (unpaired) electrons. The number of alkyl carbamates (subject to hydrolysis) is 1. The highest BCUT2D eigenvalue weighted by Gasteiger charge is 2.29. The van der Waals surface area contributed by atoms with Crippen molar-refractivity contribution in [3.63, 3.8) is 0 Å². The minimum absolute atomic E-state index is 0.0795. The number of aliphatic carboxylic acids is 1. The molecule has 7 nitrogen and oxygen atoms in total. The Morgan fingerprint density at radius 2 is 1.54 bits per heavy atom. The third kappa shape index (κ3) is 5.00. The number of nitrogens with one attached hydrogen (secondary N) is 1. The maximum atomic E-state index is 12.6. The Kier molecular flexibility index (Phi) is 6.68. The molecule has 0 aromatic heterocycles.